The number of rotatable bonds is 4. The first-order chi connectivity index (χ1) is 9.22. The molecule has 19 heavy (non-hydrogen) atoms. The van der Waals surface area contributed by atoms with Gasteiger partial charge in [-0.1, -0.05) is 17.7 Å². The van der Waals surface area contributed by atoms with Gasteiger partial charge in [0.2, 0.25) is 0 Å². The molecule has 1 aliphatic rings. The monoisotopic (exact) mass is 275 g/mol. The highest BCUT2D eigenvalue weighted by atomic mass is 35.5. The second kappa shape index (κ2) is 5.35. The van der Waals surface area contributed by atoms with E-state index in [-0.39, 0.29) is 0 Å². The average Bonchev–Trinajstić information content (AvgIpc) is 2.96. The molecule has 1 aromatic heterocycles. The molecule has 1 N–H and O–H groups in total. The Morgan fingerprint density at radius 3 is 3.16 bits per heavy atom. The van der Waals surface area contributed by atoms with Gasteiger partial charge in [0.05, 0.1) is 12.7 Å². The van der Waals surface area contributed by atoms with Crippen LogP contribution in [0.3, 0.4) is 0 Å². The van der Waals surface area contributed by atoms with Crippen LogP contribution < -0.4 is 5.32 Å². The summed E-state index contributed by atoms with van der Waals surface area (Å²) < 4.78 is 1.99. The Morgan fingerprint density at radius 1 is 1.47 bits per heavy atom. The third-order valence-corrected chi connectivity index (χ3v) is 3.91. The topological polar surface area (TPSA) is 29.9 Å². The van der Waals surface area contributed by atoms with Crippen LogP contribution in [0.5, 0.6) is 0 Å². The summed E-state index contributed by atoms with van der Waals surface area (Å²) in [5.41, 5.74) is 4.00. The highest BCUT2D eigenvalue weighted by Crippen LogP contribution is 2.32. The summed E-state index contributed by atoms with van der Waals surface area (Å²) in [6, 6.07) is 6.69. The predicted molar refractivity (Wildman–Crippen MR) is 77.5 cm³/mol. The maximum atomic E-state index is 6.03. The van der Waals surface area contributed by atoms with Crippen LogP contribution in [-0.4, -0.2) is 16.3 Å². The summed E-state index contributed by atoms with van der Waals surface area (Å²) in [6.07, 6.45) is 6.25. The lowest BCUT2D eigenvalue weighted by molar-refractivity contribution is 0.484. The smallest absolute Gasteiger partial charge is 0.0534 e. The Kier molecular flexibility index (Phi) is 3.58. The zero-order valence-electron chi connectivity index (χ0n) is 11.1. The van der Waals surface area contributed by atoms with Crippen LogP contribution in [0.1, 0.15) is 29.2 Å². The number of aromatic nitrogens is 2. The molecule has 1 unspecified atom stereocenters. The summed E-state index contributed by atoms with van der Waals surface area (Å²) in [6.45, 7) is 3.91. The van der Waals surface area contributed by atoms with Crippen LogP contribution in [-0.2, 0) is 13.0 Å². The van der Waals surface area contributed by atoms with Gasteiger partial charge in [-0.25, -0.2) is 0 Å². The van der Waals surface area contributed by atoms with Gasteiger partial charge in [0.15, 0.2) is 0 Å². The molecule has 0 bridgehead atoms. The molecule has 1 aliphatic carbocycles. The highest BCUT2D eigenvalue weighted by Gasteiger charge is 2.21. The third kappa shape index (κ3) is 2.82. The molecular weight excluding hydrogens is 258 g/mol. The molecule has 2 aromatic rings. The molecule has 3 nitrogen and oxygen atoms in total. The van der Waals surface area contributed by atoms with E-state index in [1.165, 1.54) is 16.7 Å². The van der Waals surface area contributed by atoms with Crippen LogP contribution in [0.15, 0.2) is 30.6 Å². The van der Waals surface area contributed by atoms with Crippen LogP contribution in [0.4, 0.5) is 0 Å². The molecule has 1 atom stereocenters. The van der Waals surface area contributed by atoms with Crippen LogP contribution in [0, 0.1) is 6.92 Å². The van der Waals surface area contributed by atoms with Gasteiger partial charge in [0.1, 0.15) is 0 Å². The van der Waals surface area contributed by atoms with Crippen molar-refractivity contribution in [3.05, 3.63) is 52.3 Å². The number of nitrogens with zero attached hydrogens (tertiary/aromatic N) is 2. The summed E-state index contributed by atoms with van der Waals surface area (Å²) >= 11 is 6.03. The van der Waals surface area contributed by atoms with E-state index < -0.39 is 0 Å². The van der Waals surface area contributed by atoms with Crippen molar-refractivity contribution in [2.24, 2.45) is 0 Å². The van der Waals surface area contributed by atoms with Gasteiger partial charge < -0.3 is 5.32 Å². The Labute approximate surface area is 118 Å². The average molecular weight is 276 g/mol. The van der Waals surface area contributed by atoms with E-state index in [0.717, 1.165) is 31.0 Å². The summed E-state index contributed by atoms with van der Waals surface area (Å²) in [5, 5.41) is 8.75. The van der Waals surface area contributed by atoms with Gasteiger partial charge in [-0.2, -0.15) is 5.10 Å². The SMILES string of the molecule is Cc1cnn(CCNC2CCc3cc(Cl)ccc32)c1. The molecular formula is C15H18ClN3. The Balaban J connectivity index is 1.58. The fraction of sp³-hybridized carbons (Fsp3) is 0.400. The minimum atomic E-state index is 0.462. The van der Waals surface area contributed by atoms with Crippen LogP contribution in [0.2, 0.25) is 5.02 Å². The molecule has 0 spiro atoms. The molecule has 3 rings (SSSR count). The van der Waals surface area contributed by atoms with E-state index in [2.05, 4.69) is 35.7 Å². The van der Waals surface area contributed by atoms with Crippen molar-refractivity contribution < 1.29 is 0 Å². The highest BCUT2D eigenvalue weighted by molar-refractivity contribution is 6.30. The van der Waals surface area contributed by atoms with Crippen molar-refractivity contribution in [3.8, 4) is 0 Å². The zero-order chi connectivity index (χ0) is 13.2. The molecule has 100 valence electrons. The largest absolute Gasteiger partial charge is 0.308 e. The van der Waals surface area contributed by atoms with E-state index in [9.17, 15) is 0 Å². The van der Waals surface area contributed by atoms with Gasteiger partial charge in [-0.05, 0) is 48.6 Å². The van der Waals surface area contributed by atoms with Crippen molar-refractivity contribution in [2.75, 3.05) is 6.54 Å². The second-order valence-corrected chi connectivity index (χ2v) is 5.61. The lowest BCUT2D eigenvalue weighted by Gasteiger charge is -2.14. The van der Waals surface area contributed by atoms with Gasteiger partial charge in [-0.15, -0.1) is 0 Å². The number of nitrogens with one attached hydrogen (secondary N) is 1. The minimum Gasteiger partial charge on any atom is -0.308 e. The maximum Gasteiger partial charge on any atom is 0.0534 e. The Bertz CT molecular complexity index is 577. The van der Waals surface area contributed by atoms with E-state index in [4.69, 9.17) is 11.6 Å². The van der Waals surface area contributed by atoms with Crippen molar-refractivity contribution in [3.63, 3.8) is 0 Å². The van der Waals surface area contributed by atoms with Crippen molar-refractivity contribution in [1.29, 1.82) is 0 Å². The van der Waals surface area contributed by atoms with E-state index in [1.807, 2.05) is 16.9 Å². The first kappa shape index (κ1) is 12.7. The summed E-state index contributed by atoms with van der Waals surface area (Å²) in [5.74, 6) is 0. The fourth-order valence-electron chi connectivity index (χ4n) is 2.74. The molecule has 0 saturated carbocycles. The van der Waals surface area contributed by atoms with E-state index >= 15 is 0 Å². The molecule has 4 heteroatoms. The maximum absolute atomic E-state index is 6.03. The third-order valence-electron chi connectivity index (χ3n) is 3.68. The number of halogens is 1. The van der Waals surface area contributed by atoms with Crippen LogP contribution in [0.25, 0.3) is 0 Å². The lowest BCUT2D eigenvalue weighted by atomic mass is 10.1. The number of hydrogen-bond donors (Lipinski definition) is 1. The zero-order valence-corrected chi connectivity index (χ0v) is 11.8. The Morgan fingerprint density at radius 2 is 2.37 bits per heavy atom. The standard InChI is InChI=1S/C15H18ClN3/c1-11-9-18-19(10-11)7-6-17-15-5-2-12-8-13(16)3-4-14(12)15/h3-4,8-10,15,17H,2,5-7H2,1H3. The lowest BCUT2D eigenvalue weighted by Crippen LogP contribution is -2.24. The summed E-state index contributed by atoms with van der Waals surface area (Å²) in [7, 11) is 0. The van der Waals surface area contributed by atoms with Gasteiger partial charge in [0.25, 0.3) is 0 Å². The molecule has 0 radical (unpaired) electrons. The number of benzene rings is 1. The van der Waals surface area contributed by atoms with Gasteiger partial charge >= 0.3 is 0 Å². The molecule has 0 fully saturated rings. The second-order valence-electron chi connectivity index (χ2n) is 5.17. The molecule has 0 saturated heterocycles. The quantitative estimate of drug-likeness (QED) is 0.929. The van der Waals surface area contributed by atoms with Gasteiger partial charge in [0, 0.05) is 23.8 Å². The minimum absolute atomic E-state index is 0.462. The van der Waals surface area contributed by atoms with Crippen LogP contribution >= 0.6 is 11.6 Å². The molecule has 0 amide bonds. The van der Waals surface area contributed by atoms with Crippen molar-refractivity contribution >= 4 is 11.6 Å². The Hall–Kier alpha value is -1.32. The normalized spacial score (nSPS) is 17.7. The predicted octanol–water partition coefficient (Wildman–Crippen LogP) is 3.12. The fourth-order valence-corrected chi connectivity index (χ4v) is 2.94. The number of hydrogen-bond acceptors (Lipinski definition) is 2. The first-order valence-electron chi connectivity index (χ1n) is 6.73. The van der Waals surface area contributed by atoms with Crippen molar-refractivity contribution in [1.82, 2.24) is 15.1 Å². The molecule has 1 heterocycles. The van der Waals surface area contributed by atoms with Crippen molar-refractivity contribution in [2.45, 2.75) is 32.4 Å². The van der Waals surface area contributed by atoms with E-state index in [1.54, 1.807) is 0 Å². The summed E-state index contributed by atoms with van der Waals surface area (Å²) in [4.78, 5) is 0. The van der Waals surface area contributed by atoms with Gasteiger partial charge in [-0.3, -0.25) is 4.68 Å². The van der Waals surface area contributed by atoms with E-state index in [0.29, 0.717) is 6.04 Å². The number of aryl methyl sites for hydroxylation is 2. The first-order valence-corrected chi connectivity index (χ1v) is 7.11. The molecule has 0 aliphatic heterocycles. The number of fused-ring (bicyclic) bond motifs is 1. The molecule has 1 aromatic carbocycles.